The fourth-order valence-corrected chi connectivity index (χ4v) is 3.65. The number of pyridine rings is 1. The van der Waals surface area contributed by atoms with Gasteiger partial charge in [-0.15, -0.1) is 5.10 Å². The Labute approximate surface area is 193 Å². The van der Waals surface area contributed by atoms with Crippen molar-refractivity contribution in [2.45, 2.75) is 51.0 Å². The number of hydrogen-bond acceptors (Lipinski definition) is 8. The molecule has 2 aromatic heterocycles. The Bertz CT molecular complexity index is 993. The molecule has 5 N–H and O–H groups in total. The van der Waals surface area contributed by atoms with Gasteiger partial charge in [0.1, 0.15) is 11.5 Å². The van der Waals surface area contributed by atoms with Gasteiger partial charge in [0.05, 0.1) is 12.6 Å². The smallest absolute Gasteiger partial charge is 0.231 e. The van der Waals surface area contributed by atoms with Gasteiger partial charge in [-0.2, -0.15) is 0 Å². The zero-order valence-electron chi connectivity index (χ0n) is 18.7. The fourth-order valence-electron chi connectivity index (χ4n) is 3.65. The van der Waals surface area contributed by atoms with E-state index in [1.165, 1.54) is 5.56 Å². The number of allylic oxidation sites excluding steroid dienone is 3. The summed E-state index contributed by atoms with van der Waals surface area (Å²) in [5.74, 6) is 0.453. The summed E-state index contributed by atoms with van der Waals surface area (Å²) in [7, 11) is 0. The SMILES string of the molecule is N/C(=C\C=C(/N)NC(=O)Cc1cc(C2CCOCC2)ccn1)CCCCn1cc(C=O)nn1. The van der Waals surface area contributed by atoms with Gasteiger partial charge in [0.2, 0.25) is 5.91 Å². The quantitative estimate of drug-likeness (QED) is 0.263. The van der Waals surface area contributed by atoms with E-state index in [0.29, 0.717) is 42.3 Å². The van der Waals surface area contributed by atoms with Gasteiger partial charge >= 0.3 is 0 Å². The molecule has 1 aliphatic rings. The lowest BCUT2D eigenvalue weighted by Gasteiger charge is -2.22. The molecule has 3 heterocycles. The molecule has 0 saturated carbocycles. The first-order valence-corrected chi connectivity index (χ1v) is 11.1. The van der Waals surface area contributed by atoms with Crippen LogP contribution in [0.3, 0.4) is 0 Å². The fraction of sp³-hybridized carbons (Fsp3) is 0.435. The number of aromatic nitrogens is 4. The molecule has 0 atom stereocenters. The van der Waals surface area contributed by atoms with E-state index in [1.54, 1.807) is 29.2 Å². The molecule has 0 bridgehead atoms. The van der Waals surface area contributed by atoms with Crippen LogP contribution in [0.25, 0.3) is 0 Å². The Morgan fingerprint density at radius 1 is 1.24 bits per heavy atom. The Kier molecular flexibility index (Phi) is 9.13. The lowest BCUT2D eigenvalue weighted by atomic mass is 9.92. The van der Waals surface area contributed by atoms with Crippen LogP contribution in [0.1, 0.15) is 59.8 Å². The second-order valence-electron chi connectivity index (χ2n) is 8.04. The highest BCUT2D eigenvalue weighted by molar-refractivity contribution is 5.79. The normalized spacial score (nSPS) is 15.4. The third-order valence-corrected chi connectivity index (χ3v) is 5.42. The highest BCUT2D eigenvalue weighted by Crippen LogP contribution is 2.26. The minimum absolute atomic E-state index is 0.152. The molecule has 0 aromatic carbocycles. The van der Waals surface area contributed by atoms with Crippen LogP contribution in [0.4, 0.5) is 0 Å². The molecule has 33 heavy (non-hydrogen) atoms. The monoisotopic (exact) mass is 453 g/mol. The maximum Gasteiger partial charge on any atom is 0.231 e. The third kappa shape index (κ3) is 8.15. The first kappa shape index (κ1) is 24.1. The van der Waals surface area contributed by atoms with E-state index < -0.39 is 0 Å². The molecule has 2 aromatic rings. The lowest BCUT2D eigenvalue weighted by molar-refractivity contribution is -0.119. The molecule has 10 heteroatoms. The molecule has 0 spiro atoms. The minimum atomic E-state index is -0.227. The van der Waals surface area contributed by atoms with Gasteiger partial charge in [0, 0.05) is 37.3 Å². The van der Waals surface area contributed by atoms with Crippen LogP contribution in [0.2, 0.25) is 0 Å². The minimum Gasteiger partial charge on any atom is -0.402 e. The second-order valence-corrected chi connectivity index (χ2v) is 8.04. The maximum absolute atomic E-state index is 12.3. The molecular weight excluding hydrogens is 422 g/mol. The van der Waals surface area contributed by atoms with E-state index >= 15 is 0 Å². The van der Waals surface area contributed by atoms with Crippen LogP contribution in [0, 0.1) is 0 Å². The number of unbranched alkanes of at least 4 members (excludes halogenated alkanes) is 1. The molecule has 1 aliphatic heterocycles. The van der Waals surface area contributed by atoms with Gasteiger partial charge in [-0.25, -0.2) is 0 Å². The van der Waals surface area contributed by atoms with E-state index in [1.807, 2.05) is 12.1 Å². The predicted octanol–water partition coefficient (Wildman–Crippen LogP) is 1.55. The van der Waals surface area contributed by atoms with Crippen molar-refractivity contribution in [3.63, 3.8) is 0 Å². The topological polar surface area (TPSA) is 151 Å². The van der Waals surface area contributed by atoms with Gasteiger partial charge in [-0.1, -0.05) is 5.21 Å². The van der Waals surface area contributed by atoms with Gasteiger partial charge in [0.15, 0.2) is 6.29 Å². The highest BCUT2D eigenvalue weighted by atomic mass is 16.5. The van der Waals surface area contributed by atoms with Crippen LogP contribution in [0.5, 0.6) is 0 Å². The van der Waals surface area contributed by atoms with E-state index in [4.69, 9.17) is 16.2 Å². The standard InChI is InChI=1S/C23H31N7O3/c24-19(3-1-2-10-30-15-21(16-31)28-29-30)4-5-22(25)27-23(32)14-20-13-18(6-9-26-20)17-7-11-33-12-8-17/h4-6,9,13,15-17H,1-3,7-8,10-12,14,24-25H2,(H,27,32)/b19-4-,22-5+. The summed E-state index contributed by atoms with van der Waals surface area (Å²) in [5.41, 5.74) is 14.8. The van der Waals surface area contributed by atoms with Gasteiger partial charge < -0.3 is 21.5 Å². The van der Waals surface area contributed by atoms with Crippen LogP contribution in [0.15, 0.2) is 48.2 Å². The summed E-state index contributed by atoms with van der Waals surface area (Å²) in [6.07, 6.45) is 11.8. The van der Waals surface area contributed by atoms with Gasteiger partial charge in [-0.3, -0.25) is 19.3 Å². The molecule has 0 unspecified atom stereocenters. The van der Waals surface area contributed by atoms with Crippen LogP contribution in [-0.2, 0) is 22.5 Å². The van der Waals surface area contributed by atoms with Crippen molar-refractivity contribution in [2.24, 2.45) is 11.5 Å². The summed E-state index contributed by atoms with van der Waals surface area (Å²) in [5, 5.41) is 10.3. The van der Waals surface area contributed by atoms with Crippen molar-refractivity contribution in [3.8, 4) is 0 Å². The number of carbonyl (C=O) groups excluding carboxylic acids is 2. The Morgan fingerprint density at radius 3 is 2.82 bits per heavy atom. The van der Waals surface area contributed by atoms with Crippen molar-refractivity contribution < 1.29 is 14.3 Å². The van der Waals surface area contributed by atoms with Gasteiger partial charge in [-0.05, 0) is 67.9 Å². The average Bonchev–Trinajstić information content (AvgIpc) is 3.29. The number of hydrogen-bond donors (Lipinski definition) is 3. The number of aryl methyl sites for hydroxylation is 1. The van der Waals surface area contributed by atoms with E-state index in [-0.39, 0.29) is 18.1 Å². The first-order chi connectivity index (χ1) is 16.0. The predicted molar refractivity (Wildman–Crippen MR) is 123 cm³/mol. The number of nitrogens with one attached hydrogen (secondary N) is 1. The zero-order valence-corrected chi connectivity index (χ0v) is 18.7. The molecule has 10 nitrogen and oxygen atoms in total. The van der Waals surface area contributed by atoms with Crippen molar-refractivity contribution in [1.82, 2.24) is 25.3 Å². The molecule has 1 saturated heterocycles. The van der Waals surface area contributed by atoms with E-state index in [0.717, 1.165) is 38.9 Å². The lowest BCUT2D eigenvalue weighted by Crippen LogP contribution is -2.29. The molecule has 0 aliphatic carbocycles. The first-order valence-electron chi connectivity index (χ1n) is 11.1. The number of rotatable bonds is 11. The second kappa shape index (κ2) is 12.5. The largest absolute Gasteiger partial charge is 0.402 e. The number of nitrogens with two attached hydrogens (primary N) is 2. The number of amides is 1. The van der Waals surface area contributed by atoms with Crippen LogP contribution >= 0.6 is 0 Å². The summed E-state index contributed by atoms with van der Waals surface area (Å²) < 4.78 is 7.05. The summed E-state index contributed by atoms with van der Waals surface area (Å²) in [6, 6.07) is 4.00. The van der Waals surface area contributed by atoms with Crippen LogP contribution in [-0.4, -0.2) is 45.4 Å². The molecule has 1 fully saturated rings. The average molecular weight is 454 g/mol. The number of aldehydes is 1. The third-order valence-electron chi connectivity index (χ3n) is 5.42. The molecule has 0 radical (unpaired) electrons. The molecule has 1 amide bonds. The van der Waals surface area contributed by atoms with E-state index in [2.05, 4.69) is 20.6 Å². The summed E-state index contributed by atoms with van der Waals surface area (Å²) >= 11 is 0. The summed E-state index contributed by atoms with van der Waals surface area (Å²) in [6.45, 7) is 2.20. The Morgan fingerprint density at radius 2 is 2.06 bits per heavy atom. The number of nitrogens with zero attached hydrogens (tertiary/aromatic N) is 4. The summed E-state index contributed by atoms with van der Waals surface area (Å²) in [4.78, 5) is 27.3. The zero-order chi connectivity index (χ0) is 23.5. The molecule has 176 valence electrons. The Balaban J connectivity index is 1.40. The number of ether oxygens (including phenoxy) is 1. The number of carbonyl (C=O) groups is 2. The Hall–Kier alpha value is -3.53. The van der Waals surface area contributed by atoms with Crippen molar-refractivity contribution >= 4 is 12.2 Å². The highest BCUT2D eigenvalue weighted by Gasteiger charge is 2.17. The molecular formula is C23H31N7O3. The van der Waals surface area contributed by atoms with Gasteiger partial charge in [0.25, 0.3) is 0 Å². The van der Waals surface area contributed by atoms with Crippen molar-refractivity contribution in [1.29, 1.82) is 0 Å². The van der Waals surface area contributed by atoms with E-state index in [9.17, 15) is 9.59 Å². The molecule has 3 rings (SSSR count). The van der Waals surface area contributed by atoms with Crippen LogP contribution < -0.4 is 16.8 Å². The maximum atomic E-state index is 12.3. The van der Waals surface area contributed by atoms with Crippen molar-refractivity contribution in [3.05, 3.63) is 65.1 Å². The van der Waals surface area contributed by atoms with Crippen molar-refractivity contribution in [2.75, 3.05) is 13.2 Å².